The Labute approximate surface area is 464 Å². The predicted octanol–water partition coefficient (Wildman–Crippen LogP) is 21.7. The molecule has 0 saturated carbocycles. The topological polar surface area (TPSA) is 78.9 Å². The van der Waals surface area contributed by atoms with Crippen LogP contribution < -0.4 is 0 Å². The van der Waals surface area contributed by atoms with Gasteiger partial charge < -0.3 is 14.2 Å². The maximum Gasteiger partial charge on any atom is 0.306 e. The van der Waals surface area contributed by atoms with Gasteiger partial charge in [0, 0.05) is 19.3 Å². The van der Waals surface area contributed by atoms with Gasteiger partial charge in [0.05, 0.1) is 0 Å². The first-order chi connectivity index (χ1) is 37.0. The average Bonchev–Trinajstić information content (AvgIpc) is 3.41. The van der Waals surface area contributed by atoms with E-state index >= 15 is 0 Å². The van der Waals surface area contributed by atoms with Crippen LogP contribution in [-0.4, -0.2) is 37.2 Å². The normalized spacial score (nSPS) is 12.7. The quantitative estimate of drug-likeness (QED) is 0.0261. The zero-order valence-electron chi connectivity index (χ0n) is 49.3. The van der Waals surface area contributed by atoms with Crippen LogP contribution in [-0.2, 0) is 28.6 Å². The van der Waals surface area contributed by atoms with E-state index in [0.29, 0.717) is 19.3 Å². The molecule has 0 rings (SSSR count). The molecule has 0 aliphatic rings. The second-order valence-electron chi connectivity index (χ2n) is 20.9. The van der Waals surface area contributed by atoms with E-state index < -0.39 is 6.10 Å². The molecule has 75 heavy (non-hydrogen) atoms. The number of rotatable bonds is 57. The van der Waals surface area contributed by atoms with Gasteiger partial charge in [0.2, 0.25) is 0 Å². The van der Waals surface area contributed by atoms with E-state index in [1.807, 2.05) is 0 Å². The van der Waals surface area contributed by atoms with Crippen LogP contribution in [0, 0.1) is 0 Å². The number of carbonyl (C=O) groups is 3. The third kappa shape index (κ3) is 61.1. The molecule has 0 saturated heterocycles. The van der Waals surface area contributed by atoms with Crippen LogP contribution in [0.25, 0.3) is 0 Å². The first kappa shape index (κ1) is 71.3. The Balaban J connectivity index is 4.27. The summed E-state index contributed by atoms with van der Waals surface area (Å²) in [6.45, 7) is 6.47. The third-order valence-electron chi connectivity index (χ3n) is 13.5. The Morgan fingerprint density at radius 1 is 0.280 bits per heavy atom. The van der Waals surface area contributed by atoms with Crippen LogP contribution in [0.4, 0.5) is 0 Å². The maximum atomic E-state index is 12.9. The zero-order chi connectivity index (χ0) is 54.3. The van der Waals surface area contributed by atoms with Crippen molar-refractivity contribution in [2.24, 2.45) is 0 Å². The number of carbonyl (C=O) groups excluding carboxylic acids is 3. The fraction of sp³-hybridized carbons (Fsp3) is 0.725. The van der Waals surface area contributed by atoms with E-state index in [1.54, 1.807) is 0 Å². The first-order valence-corrected chi connectivity index (χ1v) is 31.7. The lowest BCUT2D eigenvalue weighted by molar-refractivity contribution is -0.167. The van der Waals surface area contributed by atoms with Gasteiger partial charge >= 0.3 is 17.9 Å². The molecule has 6 heteroatoms. The molecule has 0 radical (unpaired) electrons. The standard InChI is InChI=1S/C69H118O6/c1-4-7-10-13-16-19-22-24-26-28-30-31-32-33-34-35-36-37-39-40-42-44-47-50-53-56-59-62-68(71)74-65-66(64-73-67(70)61-58-55-52-49-46-21-18-15-12-9-6-3)75-69(72)63-60-57-54-51-48-45-43-41-38-29-27-25-23-20-17-14-11-8-5-2/h7,10,15-20,24-27,30-31,33-34,66H,4-6,8-9,11-14,21-23,28-29,32,35-65H2,1-3H3/b10-7-,18-15-,19-16-,20-17-,26-24-,27-25-,31-30-,34-33-. The van der Waals surface area contributed by atoms with Crippen molar-refractivity contribution in [3.8, 4) is 0 Å². The van der Waals surface area contributed by atoms with Crippen molar-refractivity contribution < 1.29 is 28.6 Å². The van der Waals surface area contributed by atoms with Crippen LogP contribution in [0.5, 0.6) is 0 Å². The molecule has 0 bridgehead atoms. The Kier molecular flexibility index (Phi) is 59.8. The fourth-order valence-electron chi connectivity index (χ4n) is 8.78. The molecule has 0 amide bonds. The highest BCUT2D eigenvalue weighted by Crippen LogP contribution is 2.16. The summed E-state index contributed by atoms with van der Waals surface area (Å²) in [7, 11) is 0. The lowest BCUT2D eigenvalue weighted by Crippen LogP contribution is -2.30. The van der Waals surface area contributed by atoms with Crippen LogP contribution in [0.15, 0.2) is 97.2 Å². The summed E-state index contributed by atoms with van der Waals surface area (Å²) in [6, 6.07) is 0. The molecule has 430 valence electrons. The highest BCUT2D eigenvalue weighted by atomic mass is 16.6. The van der Waals surface area contributed by atoms with Crippen molar-refractivity contribution in [2.75, 3.05) is 13.2 Å². The van der Waals surface area contributed by atoms with Gasteiger partial charge in [0.1, 0.15) is 13.2 Å². The smallest absolute Gasteiger partial charge is 0.306 e. The summed E-state index contributed by atoms with van der Waals surface area (Å²) in [6.07, 6.45) is 84.1. The molecule has 0 aromatic carbocycles. The number of esters is 3. The van der Waals surface area contributed by atoms with Crippen molar-refractivity contribution in [2.45, 2.75) is 309 Å². The van der Waals surface area contributed by atoms with Gasteiger partial charge in [-0.2, -0.15) is 0 Å². The van der Waals surface area contributed by atoms with E-state index in [-0.39, 0.29) is 31.1 Å². The van der Waals surface area contributed by atoms with Crippen molar-refractivity contribution in [1.29, 1.82) is 0 Å². The average molecular weight is 1040 g/mol. The Morgan fingerprint density at radius 3 is 0.867 bits per heavy atom. The largest absolute Gasteiger partial charge is 0.462 e. The molecule has 1 atom stereocenters. The molecule has 0 heterocycles. The maximum absolute atomic E-state index is 12.9. The van der Waals surface area contributed by atoms with Gasteiger partial charge in [-0.05, 0) is 116 Å². The SMILES string of the molecule is CC/C=C\C/C=C\C/C=C\C/C=C\C/C=C\CCCCCCCCCCCCCC(=O)OCC(COC(=O)CCCCCCC/C=C\CCCC)OC(=O)CCCCCCCCCCC/C=C\C/C=C\CCCCC. The number of unbranched alkanes of at least 4 members (excludes halogenated alkanes) is 30. The summed E-state index contributed by atoms with van der Waals surface area (Å²) in [5, 5.41) is 0. The van der Waals surface area contributed by atoms with Crippen LogP contribution in [0.3, 0.4) is 0 Å². The van der Waals surface area contributed by atoms with Crippen molar-refractivity contribution in [1.82, 2.24) is 0 Å². The molecule has 0 fully saturated rings. The van der Waals surface area contributed by atoms with Crippen LogP contribution >= 0.6 is 0 Å². The summed E-state index contributed by atoms with van der Waals surface area (Å²) in [4.78, 5) is 38.2. The molecule has 0 aromatic heterocycles. The second kappa shape index (κ2) is 62.9. The third-order valence-corrected chi connectivity index (χ3v) is 13.5. The van der Waals surface area contributed by atoms with Crippen LogP contribution in [0.1, 0.15) is 303 Å². The first-order valence-electron chi connectivity index (χ1n) is 31.7. The lowest BCUT2D eigenvalue weighted by atomic mass is 10.0. The van der Waals surface area contributed by atoms with E-state index in [9.17, 15) is 14.4 Å². The fourth-order valence-corrected chi connectivity index (χ4v) is 8.78. The van der Waals surface area contributed by atoms with Crippen molar-refractivity contribution in [3.63, 3.8) is 0 Å². The van der Waals surface area contributed by atoms with Crippen LogP contribution in [0.2, 0.25) is 0 Å². The molecular weight excluding hydrogens is 925 g/mol. The molecular formula is C69H118O6. The van der Waals surface area contributed by atoms with Gasteiger partial charge in [-0.1, -0.05) is 266 Å². The molecule has 1 unspecified atom stereocenters. The number of hydrogen-bond donors (Lipinski definition) is 0. The molecule has 0 aliphatic carbocycles. The molecule has 0 aliphatic heterocycles. The predicted molar refractivity (Wildman–Crippen MR) is 325 cm³/mol. The zero-order valence-corrected chi connectivity index (χ0v) is 49.3. The van der Waals surface area contributed by atoms with Crippen molar-refractivity contribution >= 4 is 17.9 Å². The highest BCUT2D eigenvalue weighted by molar-refractivity contribution is 5.71. The monoisotopic (exact) mass is 1040 g/mol. The van der Waals surface area contributed by atoms with Gasteiger partial charge in [-0.3, -0.25) is 14.4 Å². The molecule has 0 N–H and O–H groups in total. The number of hydrogen-bond acceptors (Lipinski definition) is 6. The molecule has 0 aromatic rings. The Hall–Kier alpha value is -3.67. The van der Waals surface area contributed by atoms with Gasteiger partial charge in [0.25, 0.3) is 0 Å². The minimum absolute atomic E-state index is 0.0824. The van der Waals surface area contributed by atoms with E-state index in [0.717, 1.165) is 103 Å². The highest BCUT2D eigenvalue weighted by Gasteiger charge is 2.19. The van der Waals surface area contributed by atoms with Gasteiger partial charge in [-0.25, -0.2) is 0 Å². The van der Waals surface area contributed by atoms with E-state index in [1.165, 1.54) is 161 Å². The summed E-state index contributed by atoms with van der Waals surface area (Å²) in [5.41, 5.74) is 0. The number of allylic oxidation sites excluding steroid dienone is 16. The van der Waals surface area contributed by atoms with E-state index in [4.69, 9.17) is 14.2 Å². The van der Waals surface area contributed by atoms with E-state index in [2.05, 4.69) is 118 Å². The second-order valence-corrected chi connectivity index (χ2v) is 20.9. The van der Waals surface area contributed by atoms with Crippen molar-refractivity contribution in [3.05, 3.63) is 97.2 Å². The van der Waals surface area contributed by atoms with Gasteiger partial charge in [0.15, 0.2) is 6.10 Å². The molecule has 0 spiro atoms. The summed E-state index contributed by atoms with van der Waals surface area (Å²) < 4.78 is 16.9. The molecule has 6 nitrogen and oxygen atoms in total. The summed E-state index contributed by atoms with van der Waals surface area (Å²) >= 11 is 0. The lowest BCUT2D eigenvalue weighted by Gasteiger charge is -2.18. The summed E-state index contributed by atoms with van der Waals surface area (Å²) in [5.74, 6) is -0.891. The minimum atomic E-state index is -0.785. The Bertz CT molecular complexity index is 1480. The Morgan fingerprint density at radius 2 is 0.533 bits per heavy atom. The van der Waals surface area contributed by atoms with Gasteiger partial charge in [-0.15, -0.1) is 0 Å². The number of ether oxygens (including phenoxy) is 3. The minimum Gasteiger partial charge on any atom is -0.462 e.